The zero-order chi connectivity index (χ0) is 42.9. The van der Waals surface area contributed by atoms with Gasteiger partial charge in [-0.25, -0.2) is 4.79 Å². The molecule has 3 heterocycles. The van der Waals surface area contributed by atoms with Crippen molar-refractivity contribution < 1.29 is 53.1 Å². The lowest BCUT2D eigenvalue weighted by molar-refractivity contribution is -0.302. The number of esters is 1. The number of hydrogen-bond acceptors (Lipinski definition) is 11. The average molecular weight is 816 g/mol. The van der Waals surface area contributed by atoms with E-state index in [2.05, 4.69) is 19.1 Å². The SMILES string of the molecule is CC=C(C)OC1CC(C=C(C)C2OC(=O)C3CCCCN3C(=O)C(=O)C3(O)OC(C(OC)CC(C)CC(C)=CC(CC)C(=O)CCC2C)C(OC)CC3C)CCC1O. The second-order valence-corrected chi connectivity index (χ2v) is 17.8. The standard InChI is InChI=1S/C46H73NO11/c1-11-32(8)56-38-26-33(17-19-37(38)49)24-30(6)41-29(5)16-18-36(48)34(12-2)22-27(3)21-28(4)23-39(54-9)42-40(55-10)25-31(7)46(53,58-42)43(50)44(51)47-20-14-13-15-35(47)45(52)57-41/h11,22,24,28-29,31,33-35,37-42,49,53H,12-21,23,25-26H2,1-10H3. The van der Waals surface area contributed by atoms with Crippen LogP contribution in [0.25, 0.3) is 0 Å². The van der Waals surface area contributed by atoms with Crippen LogP contribution in [0.4, 0.5) is 0 Å². The number of aliphatic hydroxyl groups excluding tert-OH is 1. The van der Waals surface area contributed by atoms with Crippen LogP contribution >= 0.6 is 0 Å². The third-order valence-corrected chi connectivity index (χ3v) is 13.2. The van der Waals surface area contributed by atoms with Crippen LogP contribution in [0.2, 0.25) is 0 Å². The molecule has 13 atom stereocenters. The summed E-state index contributed by atoms with van der Waals surface area (Å²) in [7, 11) is 3.10. The number of fused-ring (bicyclic) bond motifs is 3. The maximum atomic E-state index is 14.4. The lowest BCUT2D eigenvalue weighted by Gasteiger charge is -2.47. The highest BCUT2D eigenvalue weighted by molar-refractivity contribution is 6.39. The number of methoxy groups -OCH3 is 2. The minimum atomic E-state index is -2.47. The van der Waals surface area contributed by atoms with Crippen molar-refractivity contribution in [3.8, 4) is 0 Å². The molecule has 1 saturated carbocycles. The maximum Gasteiger partial charge on any atom is 0.329 e. The number of piperidine rings is 1. The van der Waals surface area contributed by atoms with Gasteiger partial charge in [-0.05, 0) is 128 Å². The highest BCUT2D eigenvalue weighted by Gasteiger charge is 2.56. The van der Waals surface area contributed by atoms with Gasteiger partial charge in [0.25, 0.3) is 11.7 Å². The average Bonchev–Trinajstić information content (AvgIpc) is 3.20. The predicted molar refractivity (Wildman–Crippen MR) is 220 cm³/mol. The number of Topliss-reactive ketones (excluding diaryl/α,β-unsaturated/α-hetero) is 2. The normalized spacial score (nSPS) is 38.6. The van der Waals surface area contributed by atoms with Gasteiger partial charge < -0.3 is 38.8 Å². The number of rotatable bonds is 7. The summed E-state index contributed by atoms with van der Waals surface area (Å²) in [4.78, 5) is 57.9. The molecule has 328 valence electrons. The molecule has 2 saturated heterocycles. The molecule has 4 rings (SSSR count). The largest absolute Gasteiger partial charge is 0.493 e. The molecule has 0 aromatic carbocycles. The molecule has 12 heteroatoms. The molecular formula is C46H73NO11. The maximum absolute atomic E-state index is 14.4. The fourth-order valence-electron chi connectivity index (χ4n) is 9.58. The zero-order valence-electron chi connectivity index (χ0n) is 36.9. The molecular weight excluding hydrogens is 743 g/mol. The molecule has 12 nitrogen and oxygen atoms in total. The van der Waals surface area contributed by atoms with Crippen molar-refractivity contribution in [1.29, 1.82) is 0 Å². The lowest BCUT2D eigenvalue weighted by atomic mass is 9.82. The second kappa shape index (κ2) is 21.6. The minimum Gasteiger partial charge on any atom is -0.493 e. The first-order chi connectivity index (χ1) is 27.5. The molecule has 0 aromatic heterocycles. The van der Waals surface area contributed by atoms with Gasteiger partial charge in [-0.2, -0.15) is 0 Å². The summed E-state index contributed by atoms with van der Waals surface area (Å²) >= 11 is 0. The number of amides is 1. The zero-order valence-corrected chi connectivity index (χ0v) is 36.9. The Morgan fingerprint density at radius 2 is 1.66 bits per heavy atom. The van der Waals surface area contributed by atoms with E-state index >= 15 is 0 Å². The van der Waals surface area contributed by atoms with Gasteiger partial charge in [0.05, 0.1) is 24.1 Å². The fourth-order valence-corrected chi connectivity index (χ4v) is 9.58. The van der Waals surface area contributed by atoms with Crippen LogP contribution in [0.5, 0.6) is 0 Å². The summed E-state index contributed by atoms with van der Waals surface area (Å²) in [5.74, 6) is -5.52. The summed E-state index contributed by atoms with van der Waals surface area (Å²) in [5.41, 5.74) is 1.90. The quantitative estimate of drug-likeness (QED) is 0.121. The number of nitrogens with zero attached hydrogens (tertiary/aromatic N) is 1. The van der Waals surface area contributed by atoms with Gasteiger partial charge in [0.1, 0.15) is 30.1 Å². The molecule has 2 bridgehead atoms. The smallest absolute Gasteiger partial charge is 0.329 e. The highest BCUT2D eigenvalue weighted by atomic mass is 16.7. The van der Waals surface area contributed by atoms with Gasteiger partial charge in [0.2, 0.25) is 5.79 Å². The van der Waals surface area contributed by atoms with Gasteiger partial charge in [0, 0.05) is 39.0 Å². The molecule has 13 unspecified atom stereocenters. The molecule has 3 aliphatic heterocycles. The number of cyclic esters (lactones) is 1. The fraction of sp³-hybridized carbons (Fsp3) is 0.783. The number of ether oxygens (including phenoxy) is 5. The van der Waals surface area contributed by atoms with Crippen molar-refractivity contribution in [2.45, 2.75) is 181 Å². The van der Waals surface area contributed by atoms with E-state index in [-0.39, 0.29) is 48.5 Å². The van der Waals surface area contributed by atoms with Crippen LogP contribution in [-0.4, -0.2) is 108 Å². The number of carbonyl (C=O) groups is 4. The Morgan fingerprint density at radius 3 is 2.31 bits per heavy atom. The van der Waals surface area contributed by atoms with E-state index < -0.39 is 65.9 Å². The van der Waals surface area contributed by atoms with E-state index in [1.54, 1.807) is 21.1 Å². The number of carbonyl (C=O) groups excluding carboxylic acids is 4. The summed E-state index contributed by atoms with van der Waals surface area (Å²) in [5, 5.41) is 22.8. The molecule has 3 fully saturated rings. The summed E-state index contributed by atoms with van der Waals surface area (Å²) < 4.78 is 30.5. The van der Waals surface area contributed by atoms with E-state index in [0.717, 1.165) is 23.3 Å². The van der Waals surface area contributed by atoms with Crippen molar-refractivity contribution >= 4 is 23.4 Å². The van der Waals surface area contributed by atoms with Crippen molar-refractivity contribution in [2.75, 3.05) is 20.8 Å². The molecule has 0 aromatic rings. The number of ketones is 2. The van der Waals surface area contributed by atoms with Gasteiger partial charge in [0.15, 0.2) is 0 Å². The Bertz CT molecular complexity index is 1520. The van der Waals surface area contributed by atoms with Crippen LogP contribution in [-0.2, 0) is 42.9 Å². The van der Waals surface area contributed by atoms with Crippen LogP contribution in [0.15, 0.2) is 35.1 Å². The first-order valence-electron chi connectivity index (χ1n) is 21.8. The molecule has 4 aliphatic rings. The predicted octanol–water partition coefficient (Wildman–Crippen LogP) is 6.80. The van der Waals surface area contributed by atoms with Crippen molar-refractivity contribution in [3.05, 3.63) is 35.1 Å². The highest BCUT2D eigenvalue weighted by Crippen LogP contribution is 2.39. The minimum absolute atomic E-state index is 0.0542. The first kappa shape index (κ1) is 47.8. The van der Waals surface area contributed by atoms with Crippen LogP contribution < -0.4 is 0 Å². The van der Waals surface area contributed by atoms with Gasteiger partial charge in [-0.15, -0.1) is 0 Å². The lowest BCUT2D eigenvalue weighted by Crippen LogP contribution is -2.64. The van der Waals surface area contributed by atoms with E-state index in [1.807, 2.05) is 47.6 Å². The van der Waals surface area contributed by atoms with Crippen molar-refractivity contribution in [2.24, 2.45) is 29.6 Å². The Hall–Kier alpha value is -2.90. The summed E-state index contributed by atoms with van der Waals surface area (Å²) in [6.45, 7) is 15.6. The van der Waals surface area contributed by atoms with Crippen molar-refractivity contribution in [1.82, 2.24) is 4.90 Å². The topological polar surface area (TPSA) is 158 Å². The van der Waals surface area contributed by atoms with E-state index in [0.29, 0.717) is 64.2 Å². The Morgan fingerprint density at radius 1 is 0.966 bits per heavy atom. The molecule has 1 amide bonds. The second-order valence-electron chi connectivity index (χ2n) is 17.8. The molecule has 58 heavy (non-hydrogen) atoms. The Balaban J connectivity index is 1.73. The van der Waals surface area contributed by atoms with Crippen molar-refractivity contribution in [3.63, 3.8) is 0 Å². The molecule has 2 N–H and O–H groups in total. The number of aliphatic hydroxyl groups is 2. The van der Waals surface area contributed by atoms with Gasteiger partial charge >= 0.3 is 5.97 Å². The van der Waals surface area contributed by atoms with Gasteiger partial charge in [-0.1, -0.05) is 45.4 Å². The monoisotopic (exact) mass is 816 g/mol. The van der Waals surface area contributed by atoms with E-state index in [1.165, 1.54) is 4.90 Å². The molecule has 1 aliphatic carbocycles. The van der Waals surface area contributed by atoms with Crippen LogP contribution in [0.1, 0.15) is 132 Å². The first-order valence-corrected chi connectivity index (χ1v) is 21.8. The van der Waals surface area contributed by atoms with E-state index in [9.17, 15) is 29.4 Å². The van der Waals surface area contributed by atoms with Gasteiger partial charge in [-0.3, -0.25) is 14.4 Å². The molecule has 0 spiro atoms. The van der Waals surface area contributed by atoms with Crippen LogP contribution in [0, 0.1) is 29.6 Å². The summed E-state index contributed by atoms with van der Waals surface area (Å²) in [6.07, 6.45) is 8.70. The third kappa shape index (κ3) is 11.7. The Kier molecular flexibility index (Phi) is 17.8. The van der Waals surface area contributed by atoms with Crippen LogP contribution in [0.3, 0.4) is 0 Å². The number of allylic oxidation sites excluding steroid dienone is 5. The number of hydrogen-bond donors (Lipinski definition) is 2. The molecule has 0 radical (unpaired) electrons. The van der Waals surface area contributed by atoms with E-state index in [4.69, 9.17) is 23.7 Å². The Labute approximate surface area is 347 Å². The summed E-state index contributed by atoms with van der Waals surface area (Å²) in [6, 6.07) is -1.05. The third-order valence-electron chi connectivity index (χ3n) is 13.2.